The van der Waals surface area contributed by atoms with Gasteiger partial charge in [0, 0.05) is 58.0 Å². The molecule has 6 aliphatic rings. The first-order valence-electron chi connectivity index (χ1n) is 12.3. The van der Waals surface area contributed by atoms with E-state index in [1.165, 1.54) is 7.11 Å². The molecule has 0 aromatic rings. The molecule has 0 aromatic carbocycles. The summed E-state index contributed by atoms with van der Waals surface area (Å²) in [5, 5.41) is 29.1. The molecule has 3 saturated carbocycles. The van der Waals surface area contributed by atoms with E-state index in [-0.39, 0.29) is 49.0 Å². The molecule has 6 unspecified atom stereocenters. The molecule has 0 amide bonds. The number of hydrogen-bond acceptors (Lipinski definition) is 8. The Morgan fingerprint density at radius 3 is 1.72 bits per heavy atom. The normalized spacial score (nSPS) is 38.1. The molecule has 1 radical (unpaired) electrons. The quantitative estimate of drug-likeness (QED) is 0.359. The van der Waals surface area contributed by atoms with Crippen LogP contribution in [0.2, 0.25) is 0 Å². The van der Waals surface area contributed by atoms with E-state index >= 15 is 0 Å². The van der Waals surface area contributed by atoms with Crippen molar-refractivity contribution in [1.82, 2.24) is 10.6 Å². The number of piperidine rings is 2. The van der Waals surface area contributed by atoms with Crippen molar-refractivity contribution >= 4 is 24.6 Å². The molecule has 3 aliphatic heterocycles. The summed E-state index contributed by atoms with van der Waals surface area (Å²) in [5.41, 5.74) is 1.41. The average molecular weight is 566 g/mol. The summed E-state index contributed by atoms with van der Waals surface area (Å²) in [5.74, 6) is 4.24. The second-order valence-electron chi connectivity index (χ2n) is 11.8. The van der Waals surface area contributed by atoms with Gasteiger partial charge in [-0.25, -0.2) is 0 Å². The van der Waals surface area contributed by atoms with Crippen molar-refractivity contribution in [3.05, 3.63) is 0 Å². The first kappa shape index (κ1) is 35.3. The smallest absolute Gasteiger partial charge is 0.323 e. The number of methoxy groups -OCH3 is 1. The summed E-state index contributed by atoms with van der Waals surface area (Å²) in [6.07, 6.45) is 2.13. The summed E-state index contributed by atoms with van der Waals surface area (Å²) in [7, 11) is 3.45. The molecule has 8 atom stereocenters. The first-order valence-corrected chi connectivity index (χ1v) is 12.3. The van der Waals surface area contributed by atoms with Crippen LogP contribution in [0, 0.1) is 63.1 Å². The number of aliphatic hydroxyl groups excluding tert-OH is 2. The number of nitrogens with zero attached hydrogens (tertiary/aromatic N) is 2. The number of nitrogens with one attached hydrogen (secondary N) is 2. The molecule has 3 heterocycles. The van der Waals surface area contributed by atoms with Gasteiger partial charge in [0.15, 0.2) is 0 Å². The van der Waals surface area contributed by atoms with Crippen LogP contribution in [0.4, 0.5) is 0 Å². The molecule has 4 N–H and O–H groups in total. The van der Waals surface area contributed by atoms with Crippen molar-refractivity contribution in [2.24, 2.45) is 56.7 Å². The van der Waals surface area contributed by atoms with E-state index in [0.29, 0.717) is 34.0 Å². The van der Waals surface area contributed by atoms with E-state index < -0.39 is 0 Å². The molecule has 10 heteroatoms. The number of fused-ring (bicyclic) bond motifs is 3. The Balaban J connectivity index is 0.000000471. The Kier molecular flexibility index (Phi) is 13.2. The van der Waals surface area contributed by atoms with Gasteiger partial charge in [-0.3, -0.25) is 9.79 Å². The van der Waals surface area contributed by atoms with Crippen molar-refractivity contribution < 1.29 is 38.3 Å². The fourth-order valence-corrected chi connectivity index (χ4v) is 6.64. The number of carbonyl (C=O) groups is 1. The fourth-order valence-electron chi connectivity index (χ4n) is 6.64. The summed E-state index contributed by atoms with van der Waals surface area (Å²) < 4.78 is 4.72. The van der Waals surface area contributed by atoms with Crippen LogP contribution in [0.3, 0.4) is 0 Å². The molecule has 0 bridgehead atoms. The van der Waals surface area contributed by atoms with E-state index in [4.69, 9.17) is 20.2 Å². The number of halogens is 1. The number of hydrogen-bond donors (Lipinski definition) is 4. The van der Waals surface area contributed by atoms with Crippen molar-refractivity contribution in [1.29, 1.82) is 5.26 Å². The second-order valence-corrected chi connectivity index (χ2v) is 11.8. The Morgan fingerprint density at radius 1 is 0.944 bits per heavy atom. The third-order valence-electron chi connectivity index (χ3n) is 9.41. The summed E-state index contributed by atoms with van der Waals surface area (Å²) in [6.45, 7) is 16.7. The summed E-state index contributed by atoms with van der Waals surface area (Å²) in [6, 6.07) is 2.39. The van der Waals surface area contributed by atoms with Gasteiger partial charge in [-0.2, -0.15) is 5.26 Å². The van der Waals surface area contributed by atoms with E-state index in [1.54, 1.807) is 0 Å². The Labute approximate surface area is 235 Å². The van der Waals surface area contributed by atoms with Crippen molar-refractivity contribution in [2.45, 2.75) is 53.6 Å². The van der Waals surface area contributed by atoms with E-state index in [0.717, 1.165) is 51.6 Å². The molecule has 6 rings (SSSR count). The van der Waals surface area contributed by atoms with Gasteiger partial charge in [0.1, 0.15) is 6.04 Å². The largest absolute Gasteiger partial charge is 0.468 e. The standard InChI is InChI=1S/C9H15NO2.C8H12N2.C7H11N.2CH4O.ClH.V/c1-9(2)5-4-10-7(6(5)9)8(11)12-3;1-8(2)5-4-10-6(3-9)7(5)8;1-7(2)5-3-8-4-6(5)7;2*1-2;;/h5-7,10H,4H2,1-3H3;5-7,10H,4H2,1-2H3;3,5-6H,4H2,1-2H3;2*2H,1H3;1H;/t5?,6?,7-;5?,6-,7?;;;;;/m01...../s1. The molecule has 36 heavy (non-hydrogen) atoms. The molecular weight excluding hydrogens is 519 g/mol. The van der Waals surface area contributed by atoms with E-state index in [2.05, 4.69) is 69.5 Å². The van der Waals surface area contributed by atoms with Crippen LogP contribution in [-0.4, -0.2) is 75.4 Å². The van der Waals surface area contributed by atoms with Gasteiger partial charge in [-0.1, -0.05) is 41.5 Å². The van der Waals surface area contributed by atoms with Crippen LogP contribution in [0.1, 0.15) is 41.5 Å². The molecule has 0 aromatic heterocycles. The first-order chi connectivity index (χ1) is 16.0. The minimum Gasteiger partial charge on any atom is -0.468 e. The number of carbonyl (C=O) groups excluding carboxylic acids is 1. The number of aliphatic hydroxyl groups is 2. The van der Waals surface area contributed by atoms with Gasteiger partial charge < -0.3 is 25.6 Å². The molecule has 2 saturated heterocycles. The van der Waals surface area contributed by atoms with E-state index in [1.807, 2.05) is 0 Å². The SMILES string of the molecule is CC1(C)C2C=NCC21.CC1(C)C2CN[C@H](C#N)C21.CO.CO.COC(=O)[C@H]1NCC2C1C2(C)C.Cl.[V]. The molecule has 8 nitrogen and oxygen atoms in total. The van der Waals surface area contributed by atoms with Gasteiger partial charge in [0.25, 0.3) is 0 Å². The maximum atomic E-state index is 11.3. The Bertz CT molecular complexity index is 801. The predicted octanol–water partition coefficient (Wildman–Crippen LogP) is 2.14. The number of ether oxygens (including phenoxy) is 1. The van der Waals surface area contributed by atoms with Gasteiger partial charge >= 0.3 is 5.97 Å². The maximum absolute atomic E-state index is 11.3. The average Bonchev–Trinajstić information content (AvgIpc) is 3.47. The number of aliphatic imine (C=N–C) groups is 1. The predicted molar refractivity (Wildman–Crippen MR) is 140 cm³/mol. The number of rotatable bonds is 1. The molecule has 5 fully saturated rings. The van der Waals surface area contributed by atoms with Crippen molar-refractivity contribution in [3.63, 3.8) is 0 Å². The minimum atomic E-state index is -0.104. The summed E-state index contributed by atoms with van der Waals surface area (Å²) >= 11 is 0. The van der Waals surface area contributed by atoms with Crippen LogP contribution in [0.15, 0.2) is 4.99 Å². The second kappa shape index (κ2) is 13.4. The third-order valence-corrected chi connectivity index (χ3v) is 9.41. The molecule has 3 aliphatic carbocycles. The third kappa shape index (κ3) is 6.48. The Hall–Kier alpha value is -0.656. The summed E-state index contributed by atoms with van der Waals surface area (Å²) in [4.78, 5) is 15.4. The maximum Gasteiger partial charge on any atom is 0.323 e. The van der Waals surface area contributed by atoms with Gasteiger partial charge in [-0.05, 0) is 52.4 Å². The molecular formula is C26H47ClN4O4V. The monoisotopic (exact) mass is 565 g/mol. The van der Waals surface area contributed by atoms with Crippen LogP contribution in [-0.2, 0) is 28.1 Å². The van der Waals surface area contributed by atoms with Crippen LogP contribution in [0.25, 0.3) is 0 Å². The van der Waals surface area contributed by atoms with Crippen LogP contribution in [0.5, 0.6) is 0 Å². The van der Waals surface area contributed by atoms with Crippen molar-refractivity contribution in [2.75, 3.05) is 41.0 Å². The number of esters is 1. The van der Waals surface area contributed by atoms with Crippen LogP contribution < -0.4 is 10.6 Å². The fraction of sp³-hybridized carbons (Fsp3) is 0.885. The minimum absolute atomic E-state index is 0. The van der Waals surface area contributed by atoms with Crippen molar-refractivity contribution in [3.8, 4) is 6.07 Å². The zero-order chi connectivity index (χ0) is 26.1. The van der Waals surface area contributed by atoms with Gasteiger partial charge in [-0.15, -0.1) is 12.4 Å². The Morgan fingerprint density at radius 2 is 1.44 bits per heavy atom. The zero-order valence-electron chi connectivity index (χ0n) is 23.3. The van der Waals surface area contributed by atoms with Gasteiger partial charge in [0.05, 0.1) is 19.2 Å². The molecule has 0 spiro atoms. The van der Waals surface area contributed by atoms with Gasteiger partial charge in [0.2, 0.25) is 0 Å². The van der Waals surface area contributed by atoms with Crippen LogP contribution >= 0.6 is 12.4 Å². The molecule has 207 valence electrons. The zero-order valence-corrected chi connectivity index (χ0v) is 25.5. The van der Waals surface area contributed by atoms with E-state index in [9.17, 15) is 4.79 Å². The number of nitriles is 1. The topological polar surface area (TPSA) is 127 Å².